The van der Waals surface area contributed by atoms with E-state index < -0.39 is 11.7 Å². The summed E-state index contributed by atoms with van der Waals surface area (Å²) in [6.45, 7) is 7.93. The molecule has 0 unspecified atom stereocenters. The molecule has 104 valence electrons. The van der Waals surface area contributed by atoms with Crippen LogP contribution in [-0.2, 0) is 14.3 Å². The predicted octanol–water partition coefficient (Wildman–Crippen LogP) is 1.99. The molecule has 0 spiro atoms. The van der Waals surface area contributed by atoms with E-state index in [1.54, 1.807) is 0 Å². The SMILES string of the molecule is CCOCC(=O)CN(C(=O)OC(C)(C)C)C1CC1. The van der Waals surface area contributed by atoms with Crippen LogP contribution < -0.4 is 0 Å². The molecule has 0 radical (unpaired) electrons. The fraction of sp³-hybridized carbons (Fsp3) is 0.846. The standard InChI is InChI=1S/C13H23NO4/c1-5-17-9-11(15)8-14(10-6-7-10)12(16)18-13(2,3)4/h10H,5-9H2,1-4H3. The van der Waals surface area contributed by atoms with Crippen LogP contribution >= 0.6 is 0 Å². The highest BCUT2D eigenvalue weighted by molar-refractivity contribution is 5.85. The third-order valence-corrected chi connectivity index (χ3v) is 2.43. The Morgan fingerprint density at radius 2 is 1.89 bits per heavy atom. The Labute approximate surface area is 108 Å². The summed E-state index contributed by atoms with van der Waals surface area (Å²) in [5.41, 5.74) is -0.535. The number of rotatable bonds is 6. The van der Waals surface area contributed by atoms with Crippen LogP contribution in [0.25, 0.3) is 0 Å². The molecule has 0 aromatic rings. The molecule has 1 aliphatic carbocycles. The van der Waals surface area contributed by atoms with Crippen molar-refractivity contribution >= 4 is 11.9 Å². The first-order chi connectivity index (χ1) is 8.33. The van der Waals surface area contributed by atoms with Crippen LogP contribution in [0.3, 0.4) is 0 Å². The molecule has 1 fully saturated rings. The minimum Gasteiger partial charge on any atom is -0.444 e. The summed E-state index contributed by atoms with van der Waals surface area (Å²) < 4.78 is 10.3. The van der Waals surface area contributed by atoms with Crippen molar-refractivity contribution in [3.05, 3.63) is 0 Å². The van der Waals surface area contributed by atoms with Gasteiger partial charge in [-0.3, -0.25) is 9.69 Å². The van der Waals surface area contributed by atoms with Crippen LogP contribution in [0.15, 0.2) is 0 Å². The van der Waals surface area contributed by atoms with Crippen LogP contribution in [0, 0.1) is 0 Å². The lowest BCUT2D eigenvalue weighted by Gasteiger charge is -2.26. The van der Waals surface area contributed by atoms with Crippen molar-refractivity contribution < 1.29 is 19.1 Å². The number of hydrogen-bond acceptors (Lipinski definition) is 4. The van der Waals surface area contributed by atoms with Gasteiger partial charge >= 0.3 is 6.09 Å². The van der Waals surface area contributed by atoms with Crippen molar-refractivity contribution in [3.8, 4) is 0 Å². The van der Waals surface area contributed by atoms with Gasteiger partial charge in [0.1, 0.15) is 12.2 Å². The molecule has 0 aromatic carbocycles. The van der Waals surface area contributed by atoms with E-state index in [4.69, 9.17) is 9.47 Å². The molecule has 0 atom stereocenters. The van der Waals surface area contributed by atoms with Gasteiger partial charge in [0.25, 0.3) is 0 Å². The highest BCUT2D eigenvalue weighted by atomic mass is 16.6. The average molecular weight is 257 g/mol. The zero-order valence-electron chi connectivity index (χ0n) is 11.7. The number of ether oxygens (including phenoxy) is 2. The van der Waals surface area contributed by atoms with Gasteiger partial charge in [0.2, 0.25) is 0 Å². The first-order valence-electron chi connectivity index (χ1n) is 6.42. The molecule has 1 aliphatic rings. The van der Waals surface area contributed by atoms with E-state index >= 15 is 0 Å². The van der Waals surface area contributed by atoms with Gasteiger partial charge in [-0.25, -0.2) is 4.79 Å². The quantitative estimate of drug-likeness (QED) is 0.730. The van der Waals surface area contributed by atoms with E-state index in [2.05, 4.69) is 0 Å². The van der Waals surface area contributed by atoms with Gasteiger partial charge in [-0.2, -0.15) is 0 Å². The second-order valence-corrected chi connectivity index (χ2v) is 5.52. The molecule has 1 amide bonds. The molecule has 18 heavy (non-hydrogen) atoms. The van der Waals surface area contributed by atoms with Crippen LogP contribution in [-0.4, -0.2) is 48.2 Å². The van der Waals surface area contributed by atoms with Gasteiger partial charge in [0.05, 0.1) is 6.54 Å². The van der Waals surface area contributed by atoms with Crippen molar-refractivity contribution in [2.45, 2.75) is 52.2 Å². The number of carbonyl (C=O) groups is 2. The highest BCUT2D eigenvalue weighted by Gasteiger charge is 2.36. The zero-order chi connectivity index (χ0) is 13.8. The van der Waals surface area contributed by atoms with Gasteiger partial charge in [-0.15, -0.1) is 0 Å². The second-order valence-electron chi connectivity index (χ2n) is 5.52. The van der Waals surface area contributed by atoms with Gasteiger partial charge < -0.3 is 9.47 Å². The van der Waals surface area contributed by atoms with Crippen molar-refractivity contribution in [1.29, 1.82) is 0 Å². The van der Waals surface area contributed by atoms with Gasteiger partial charge in [0.15, 0.2) is 5.78 Å². The Kier molecular flexibility index (Phi) is 5.14. The van der Waals surface area contributed by atoms with Crippen LogP contribution in [0.5, 0.6) is 0 Å². The Hall–Kier alpha value is -1.10. The summed E-state index contributed by atoms with van der Waals surface area (Å²) in [5, 5.41) is 0. The van der Waals surface area contributed by atoms with Crippen molar-refractivity contribution in [3.63, 3.8) is 0 Å². The summed E-state index contributed by atoms with van der Waals surface area (Å²) >= 11 is 0. The van der Waals surface area contributed by atoms with Gasteiger partial charge in [-0.05, 0) is 40.5 Å². The number of nitrogens with zero attached hydrogens (tertiary/aromatic N) is 1. The Balaban J connectivity index is 2.49. The smallest absolute Gasteiger partial charge is 0.410 e. The average Bonchev–Trinajstić information content (AvgIpc) is 3.04. The molecule has 0 saturated heterocycles. The molecule has 5 nitrogen and oxygen atoms in total. The molecular formula is C13H23NO4. The molecule has 0 aromatic heterocycles. The Morgan fingerprint density at radius 1 is 1.28 bits per heavy atom. The third kappa shape index (κ3) is 5.49. The lowest BCUT2D eigenvalue weighted by Crippen LogP contribution is -2.42. The molecule has 5 heteroatoms. The largest absolute Gasteiger partial charge is 0.444 e. The van der Waals surface area contributed by atoms with Gasteiger partial charge in [-0.1, -0.05) is 0 Å². The molecule has 0 heterocycles. The minimum absolute atomic E-state index is 0.0581. The molecular weight excluding hydrogens is 234 g/mol. The summed E-state index contributed by atoms with van der Waals surface area (Å²) in [4.78, 5) is 25.1. The fourth-order valence-corrected chi connectivity index (χ4v) is 1.50. The Bertz CT molecular complexity index is 305. The summed E-state index contributed by atoms with van der Waals surface area (Å²) in [6.07, 6.45) is 1.48. The fourth-order valence-electron chi connectivity index (χ4n) is 1.50. The van der Waals surface area contributed by atoms with Gasteiger partial charge in [0, 0.05) is 12.6 Å². The van der Waals surface area contributed by atoms with Crippen LogP contribution in [0.4, 0.5) is 4.79 Å². The monoisotopic (exact) mass is 257 g/mol. The lowest BCUT2D eigenvalue weighted by atomic mass is 10.2. The van der Waals surface area contributed by atoms with E-state index in [1.165, 1.54) is 4.90 Å². The summed E-state index contributed by atoms with van der Waals surface area (Å²) in [6, 6.07) is 0.158. The minimum atomic E-state index is -0.535. The number of ketones is 1. The third-order valence-electron chi connectivity index (χ3n) is 2.43. The molecule has 0 bridgehead atoms. The van der Waals surface area contributed by atoms with E-state index in [9.17, 15) is 9.59 Å². The number of carbonyl (C=O) groups excluding carboxylic acids is 2. The predicted molar refractivity (Wildman–Crippen MR) is 67.5 cm³/mol. The Morgan fingerprint density at radius 3 is 2.33 bits per heavy atom. The summed E-state index contributed by atoms with van der Waals surface area (Å²) in [7, 11) is 0. The van der Waals surface area contributed by atoms with E-state index in [1.807, 2.05) is 27.7 Å². The van der Waals surface area contributed by atoms with E-state index in [0.29, 0.717) is 6.61 Å². The zero-order valence-corrected chi connectivity index (χ0v) is 11.7. The number of hydrogen-bond donors (Lipinski definition) is 0. The maximum atomic E-state index is 12.0. The number of Topliss-reactive ketones (excluding diaryl/α,β-unsaturated/α-hetero) is 1. The molecule has 0 N–H and O–H groups in total. The first kappa shape index (κ1) is 15.0. The van der Waals surface area contributed by atoms with E-state index in [-0.39, 0.29) is 25.0 Å². The number of amides is 1. The lowest BCUT2D eigenvalue weighted by molar-refractivity contribution is -0.124. The normalized spacial score (nSPS) is 15.3. The molecule has 0 aliphatic heterocycles. The van der Waals surface area contributed by atoms with Crippen molar-refractivity contribution in [2.75, 3.05) is 19.8 Å². The van der Waals surface area contributed by atoms with E-state index in [0.717, 1.165) is 12.8 Å². The topological polar surface area (TPSA) is 55.8 Å². The second kappa shape index (κ2) is 6.18. The molecule has 1 rings (SSSR count). The first-order valence-corrected chi connectivity index (χ1v) is 6.42. The highest BCUT2D eigenvalue weighted by Crippen LogP contribution is 2.28. The van der Waals surface area contributed by atoms with Crippen molar-refractivity contribution in [1.82, 2.24) is 4.90 Å². The van der Waals surface area contributed by atoms with Crippen LogP contribution in [0.2, 0.25) is 0 Å². The maximum Gasteiger partial charge on any atom is 0.410 e. The van der Waals surface area contributed by atoms with Crippen molar-refractivity contribution in [2.24, 2.45) is 0 Å². The summed E-state index contributed by atoms with van der Waals surface area (Å²) in [5.74, 6) is -0.0883. The van der Waals surface area contributed by atoms with Crippen LogP contribution in [0.1, 0.15) is 40.5 Å². The molecule has 1 saturated carbocycles. The maximum absolute atomic E-state index is 12.0.